The van der Waals surface area contributed by atoms with Crippen LogP contribution >= 0.6 is 0 Å². The van der Waals surface area contributed by atoms with Gasteiger partial charge in [-0.25, -0.2) is 4.98 Å². The van der Waals surface area contributed by atoms with E-state index >= 15 is 0 Å². The van der Waals surface area contributed by atoms with Crippen LogP contribution in [0.1, 0.15) is 32.7 Å². The fourth-order valence-electron chi connectivity index (χ4n) is 3.01. The summed E-state index contributed by atoms with van der Waals surface area (Å²) in [6.07, 6.45) is 4.42. The molecule has 2 aromatic heterocycles. The lowest BCUT2D eigenvalue weighted by Gasteiger charge is -2.21. The number of anilines is 1. The lowest BCUT2D eigenvalue weighted by Crippen LogP contribution is -2.27. The van der Waals surface area contributed by atoms with E-state index in [2.05, 4.69) is 20.2 Å². The number of carbonyl (C=O) groups is 1. The highest BCUT2D eigenvalue weighted by atomic mass is 16.1. The summed E-state index contributed by atoms with van der Waals surface area (Å²) >= 11 is 0. The van der Waals surface area contributed by atoms with Crippen molar-refractivity contribution in [1.82, 2.24) is 15.3 Å². The van der Waals surface area contributed by atoms with Gasteiger partial charge in [0.1, 0.15) is 5.82 Å². The van der Waals surface area contributed by atoms with E-state index in [4.69, 9.17) is 0 Å². The molecular formula is C23H26N4O. The van der Waals surface area contributed by atoms with Gasteiger partial charge in [-0.1, -0.05) is 18.2 Å². The zero-order valence-corrected chi connectivity index (χ0v) is 16.6. The molecule has 3 rings (SSSR count). The quantitative estimate of drug-likeness (QED) is 0.685. The summed E-state index contributed by atoms with van der Waals surface area (Å²) in [5.74, 6) is 0.799. The maximum absolute atomic E-state index is 12.5. The zero-order chi connectivity index (χ0) is 19.9. The van der Waals surface area contributed by atoms with E-state index in [-0.39, 0.29) is 5.91 Å². The normalized spacial score (nSPS) is 10.5. The third-order valence-electron chi connectivity index (χ3n) is 4.87. The Morgan fingerprint density at radius 1 is 1.00 bits per heavy atom. The van der Waals surface area contributed by atoms with Crippen LogP contribution in [0.5, 0.6) is 0 Å². The van der Waals surface area contributed by atoms with Gasteiger partial charge in [-0.2, -0.15) is 0 Å². The van der Waals surface area contributed by atoms with Gasteiger partial charge in [-0.05, 0) is 55.3 Å². The first-order valence-electron chi connectivity index (χ1n) is 9.45. The number of amides is 1. The second kappa shape index (κ2) is 9.13. The molecule has 0 fully saturated rings. The molecule has 0 atom stereocenters. The van der Waals surface area contributed by atoms with E-state index in [1.165, 1.54) is 5.56 Å². The summed E-state index contributed by atoms with van der Waals surface area (Å²) in [6.45, 7) is 5.29. The van der Waals surface area contributed by atoms with E-state index in [0.29, 0.717) is 12.1 Å². The zero-order valence-electron chi connectivity index (χ0n) is 16.6. The second-order valence-corrected chi connectivity index (χ2v) is 6.96. The number of rotatable bonds is 7. The third-order valence-corrected chi connectivity index (χ3v) is 4.87. The Balaban J connectivity index is 1.64. The van der Waals surface area contributed by atoms with E-state index in [0.717, 1.165) is 35.6 Å². The van der Waals surface area contributed by atoms with E-state index in [1.54, 1.807) is 6.20 Å². The molecular weight excluding hydrogens is 348 g/mol. The molecule has 0 bridgehead atoms. The van der Waals surface area contributed by atoms with Gasteiger partial charge in [0.25, 0.3) is 5.91 Å². The van der Waals surface area contributed by atoms with Gasteiger partial charge < -0.3 is 10.2 Å². The van der Waals surface area contributed by atoms with Gasteiger partial charge in [-0.15, -0.1) is 0 Å². The fraction of sp³-hybridized carbons (Fsp3) is 0.261. The Morgan fingerprint density at radius 2 is 1.82 bits per heavy atom. The monoisotopic (exact) mass is 374 g/mol. The van der Waals surface area contributed by atoms with Gasteiger partial charge in [0.15, 0.2) is 0 Å². The first kappa shape index (κ1) is 19.5. The van der Waals surface area contributed by atoms with Crippen molar-refractivity contribution in [3.63, 3.8) is 0 Å². The number of hydrogen-bond donors (Lipinski definition) is 1. The summed E-state index contributed by atoms with van der Waals surface area (Å²) in [5, 5.41) is 3.01. The molecule has 5 nitrogen and oxygen atoms in total. The van der Waals surface area contributed by atoms with Crippen LogP contribution in [-0.2, 0) is 13.0 Å². The summed E-state index contributed by atoms with van der Waals surface area (Å²) in [7, 11) is 2.01. The molecule has 0 aliphatic rings. The van der Waals surface area contributed by atoms with Crippen LogP contribution < -0.4 is 10.2 Å². The van der Waals surface area contributed by atoms with Crippen molar-refractivity contribution in [3.05, 3.63) is 88.9 Å². The molecule has 2 heterocycles. The van der Waals surface area contributed by atoms with Crippen LogP contribution in [-0.4, -0.2) is 29.5 Å². The fourth-order valence-corrected chi connectivity index (χ4v) is 3.01. The molecule has 144 valence electrons. The van der Waals surface area contributed by atoms with E-state index < -0.39 is 0 Å². The Bertz CT molecular complexity index is 940. The van der Waals surface area contributed by atoms with Crippen LogP contribution in [0, 0.1) is 13.8 Å². The van der Waals surface area contributed by atoms with Crippen LogP contribution in [0.3, 0.4) is 0 Å². The molecule has 1 aromatic carbocycles. The summed E-state index contributed by atoms with van der Waals surface area (Å²) in [6, 6.07) is 15.6. The summed E-state index contributed by atoms with van der Waals surface area (Å²) < 4.78 is 0. The standard InChI is InChI=1S/C23H26N4O/c1-17-9-10-19(15-18(17)2)23(28)26-16-20-7-6-13-25-22(20)27(3)14-11-21-8-4-5-12-24-21/h4-10,12-13,15H,11,14,16H2,1-3H3,(H,26,28). The number of aromatic nitrogens is 2. The van der Waals surface area contributed by atoms with Gasteiger partial charge in [-0.3, -0.25) is 9.78 Å². The highest BCUT2D eigenvalue weighted by Crippen LogP contribution is 2.17. The van der Waals surface area contributed by atoms with Crippen molar-refractivity contribution < 1.29 is 4.79 Å². The SMILES string of the molecule is Cc1ccc(C(=O)NCc2cccnc2N(C)CCc2ccccn2)cc1C. The number of aryl methyl sites for hydroxylation is 2. The molecule has 1 amide bonds. The molecule has 0 aliphatic carbocycles. The third kappa shape index (κ3) is 4.94. The number of carbonyl (C=O) groups excluding carboxylic acids is 1. The van der Waals surface area contributed by atoms with Gasteiger partial charge in [0.2, 0.25) is 0 Å². The average molecular weight is 374 g/mol. The van der Waals surface area contributed by atoms with Crippen molar-refractivity contribution >= 4 is 11.7 Å². The Kier molecular flexibility index (Phi) is 6.37. The average Bonchev–Trinajstić information content (AvgIpc) is 2.73. The van der Waals surface area contributed by atoms with Crippen molar-refractivity contribution in [3.8, 4) is 0 Å². The molecule has 0 saturated carbocycles. The molecule has 0 saturated heterocycles. The topological polar surface area (TPSA) is 58.1 Å². The Hall–Kier alpha value is -3.21. The molecule has 0 radical (unpaired) electrons. The number of benzene rings is 1. The minimum atomic E-state index is -0.0750. The highest BCUT2D eigenvalue weighted by molar-refractivity contribution is 5.94. The van der Waals surface area contributed by atoms with Crippen LogP contribution in [0.25, 0.3) is 0 Å². The molecule has 0 unspecified atom stereocenters. The minimum absolute atomic E-state index is 0.0750. The largest absolute Gasteiger partial charge is 0.359 e. The van der Waals surface area contributed by atoms with Crippen LogP contribution in [0.4, 0.5) is 5.82 Å². The maximum Gasteiger partial charge on any atom is 0.251 e. The lowest BCUT2D eigenvalue weighted by molar-refractivity contribution is 0.0951. The maximum atomic E-state index is 12.5. The number of likely N-dealkylation sites (N-methyl/N-ethyl adjacent to an activating group) is 1. The predicted octanol–water partition coefficient (Wildman–Crippen LogP) is 3.70. The van der Waals surface area contributed by atoms with Crippen LogP contribution in [0.2, 0.25) is 0 Å². The number of hydrogen-bond acceptors (Lipinski definition) is 4. The van der Waals surface area contributed by atoms with Gasteiger partial charge in [0, 0.05) is 55.8 Å². The minimum Gasteiger partial charge on any atom is -0.359 e. The number of pyridine rings is 2. The number of nitrogens with zero attached hydrogens (tertiary/aromatic N) is 3. The molecule has 3 aromatic rings. The highest BCUT2D eigenvalue weighted by Gasteiger charge is 2.12. The van der Waals surface area contributed by atoms with Gasteiger partial charge >= 0.3 is 0 Å². The molecule has 0 spiro atoms. The first-order chi connectivity index (χ1) is 13.5. The summed E-state index contributed by atoms with van der Waals surface area (Å²) in [5.41, 5.74) is 5.01. The van der Waals surface area contributed by atoms with Crippen molar-refractivity contribution in [2.24, 2.45) is 0 Å². The van der Waals surface area contributed by atoms with Crippen molar-refractivity contribution in [1.29, 1.82) is 0 Å². The summed E-state index contributed by atoms with van der Waals surface area (Å²) in [4.78, 5) is 23.5. The number of nitrogens with one attached hydrogen (secondary N) is 1. The van der Waals surface area contributed by atoms with E-state index in [9.17, 15) is 4.79 Å². The molecule has 5 heteroatoms. The molecule has 0 aliphatic heterocycles. The Morgan fingerprint density at radius 3 is 2.57 bits per heavy atom. The Labute approximate surface area is 166 Å². The first-order valence-corrected chi connectivity index (χ1v) is 9.45. The predicted molar refractivity (Wildman–Crippen MR) is 113 cm³/mol. The smallest absolute Gasteiger partial charge is 0.251 e. The van der Waals surface area contributed by atoms with Crippen molar-refractivity contribution in [2.45, 2.75) is 26.8 Å². The van der Waals surface area contributed by atoms with Crippen LogP contribution in [0.15, 0.2) is 60.9 Å². The molecule has 1 N–H and O–H groups in total. The molecule has 28 heavy (non-hydrogen) atoms. The second-order valence-electron chi connectivity index (χ2n) is 6.96. The lowest BCUT2D eigenvalue weighted by atomic mass is 10.1. The van der Waals surface area contributed by atoms with E-state index in [1.807, 2.05) is 75.6 Å². The van der Waals surface area contributed by atoms with Crippen molar-refractivity contribution in [2.75, 3.05) is 18.5 Å². The van der Waals surface area contributed by atoms with Gasteiger partial charge in [0.05, 0.1) is 0 Å².